The molecule has 13 heteroatoms. The van der Waals surface area contributed by atoms with E-state index >= 15 is 0 Å². The van der Waals surface area contributed by atoms with Crippen LogP contribution in [0.1, 0.15) is 65.6 Å². The van der Waals surface area contributed by atoms with Crippen LogP contribution in [0.2, 0.25) is 0 Å². The molecule has 3 fully saturated rings. The molecule has 2 aromatic rings. The van der Waals surface area contributed by atoms with Gasteiger partial charge in [0.2, 0.25) is 11.5 Å². The van der Waals surface area contributed by atoms with Gasteiger partial charge in [0.25, 0.3) is 5.91 Å². The van der Waals surface area contributed by atoms with Crippen molar-refractivity contribution < 1.29 is 41.0 Å². The zero-order chi connectivity index (χ0) is 28.0. The fourth-order valence-corrected chi connectivity index (χ4v) is 6.29. The van der Waals surface area contributed by atoms with Crippen LogP contribution in [0, 0.1) is 23.4 Å². The normalized spacial score (nSPS) is 26.0. The number of halogens is 7. The molecular weight excluding hydrogens is 564 g/mol. The van der Waals surface area contributed by atoms with Crippen molar-refractivity contribution >= 4 is 29.9 Å². The first kappa shape index (κ1) is 28.7. The van der Waals surface area contributed by atoms with Gasteiger partial charge >= 0.3 is 6.18 Å². The van der Waals surface area contributed by atoms with Crippen LogP contribution >= 0.6 is 12.4 Å². The number of anilines is 1. The van der Waals surface area contributed by atoms with Crippen molar-refractivity contribution in [2.75, 3.05) is 11.4 Å². The van der Waals surface area contributed by atoms with Gasteiger partial charge in [-0.1, -0.05) is 0 Å². The average molecular weight is 590 g/mol. The number of carbonyl (C=O) groups excluding carboxylic acids is 2. The molecule has 3 N–H and O–H groups in total. The van der Waals surface area contributed by atoms with Gasteiger partial charge in [-0.2, -0.15) is 13.2 Å². The number of carbonyl (C=O) groups is 2. The highest BCUT2D eigenvalue weighted by molar-refractivity contribution is 6.11. The summed E-state index contributed by atoms with van der Waals surface area (Å²) >= 11 is 0. The molecule has 1 heterocycles. The number of rotatable bonds is 7. The molecule has 216 valence electrons. The van der Waals surface area contributed by atoms with Gasteiger partial charge in [-0.15, -0.1) is 12.4 Å². The third kappa shape index (κ3) is 4.53. The lowest BCUT2D eigenvalue weighted by molar-refractivity contribution is -0.142. The predicted octanol–water partition coefficient (Wildman–Crippen LogP) is 4.63. The third-order valence-electron chi connectivity index (χ3n) is 8.29. The summed E-state index contributed by atoms with van der Waals surface area (Å²) in [6.45, 7) is -0.141. The van der Waals surface area contributed by atoms with Crippen LogP contribution in [0.4, 0.5) is 32.0 Å². The molecule has 1 aliphatic heterocycles. The maximum Gasteiger partial charge on any atom is 0.416 e. The van der Waals surface area contributed by atoms with Crippen molar-refractivity contribution in [3.8, 4) is 0 Å². The average Bonchev–Trinajstić information content (AvgIpc) is 3.72. The number of nitrogens with two attached hydrogens (primary N) is 1. The molecule has 6 rings (SSSR count). The largest absolute Gasteiger partial charge is 0.416 e. The number of hydrogen-bond donors (Lipinski definition) is 2. The first-order valence-corrected chi connectivity index (χ1v) is 12.8. The minimum Gasteiger partial charge on any atom is -0.371 e. The summed E-state index contributed by atoms with van der Waals surface area (Å²) in [5.74, 6) is -7.63. The molecule has 3 aliphatic carbocycles. The van der Waals surface area contributed by atoms with E-state index in [2.05, 4.69) is 4.90 Å². The summed E-state index contributed by atoms with van der Waals surface area (Å²) in [5.41, 5.74) is -3.50. The number of alkyl halides is 3. The molecule has 40 heavy (non-hydrogen) atoms. The Hall–Kier alpha value is -2.83. The molecular formula is C27H26ClF6N3O3. The van der Waals surface area contributed by atoms with Gasteiger partial charge in [-0.05, 0) is 56.6 Å². The molecule has 3 saturated carbocycles. The Balaban J connectivity index is 0.00000323. The zero-order valence-electron chi connectivity index (χ0n) is 21.0. The zero-order valence-corrected chi connectivity index (χ0v) is 21.8. The van der Waals surface area contributed by atoms with Crippen LogP contribution < -0.4 is 10.6 Å². The van der Waals surface area contributed by atoms with E-state index in [1.807, 2.05) is 0 Å². The molecule has 2 amide bonds. The van der Waals surface area contributed by atoms with Gasteiger partial charge in [0.1, 0.15) is 17.5 Å². The summed E-state index contributed by atoms with van der Waals surface area (Å²) in [7, 11) is 0. The molecule has 0 radical (unpaired) electrons. The molecule has 0 spiro atoms. The van der Waals surface area contributed by atoms with Crippen LogP contribution in [0.5, 0.6) is 0 Å². The SMILES string of the molecule is Cl.NC(=O)c1cc2c(c(C(F)(F)F)c1)C(O)(c1c(F)cc(F)cc1F)C(=O)N2CC1CC(N(C2CC2)C2CC2)C1. The number of primary amides is 1. The van der Waals surface area contributed by atoms with Crippen molar-refractivity contribution in [3.63, 3.8) is 0 Å². The lowest BCUT2D eigenvalue weighted by atomic mass is 9.78. The Morgan fingerprint density at radius 2 is 1.52 bits per heavy atom. The van der Waals surface area contributed by atoms with E-state index in [9.17, 15) is 41.0 Å². The van der Waals surface area contributed by atoms with Gasteiger partial charge < -0.3 is 15.7 Å². The van der Waals surface area contributed by atoms with Crippen LogP contribution in [0.15, 0.2) is 24.3 Å². The topological polar surface area (TPSA) is 86.9 Å². The highest BCUT2D eigenvalue weighted by atomic mass is 35.5. The number of aliphatic hydroxyl groups is 1. The molecule has 0 saturated heterocycles. The minimum absolute atomic E-state index is 0. The van der Waals surface area contributed by atoms with Gasteiger partial charge in [0.05, 0.1) is 16.8 Å². The summed E-state index contributed by atoms with van der Waals surface area (Å²) < 4.78 is 86.3. The van der Waals surface area contributed by atoms with Crippen molar-refractivity contribution in [2.24, 2.45) is 11.7 Å². The fourth-order valence-electron chi connectivity index (χ4n) is 6.29. The maximum absolute atomic E-state index is 14.9. The van der Waals surface area contributed by atoms with Gasteiger partial charge in [0, 0.05) is 47.9 Å². The van der Waals surface area contributed by atoms with Crippen molar-refractivity contribution in [1.29, 1.82) is 0 Å². The minimum atomic E-state index is -5.25. The lowest BCUT2D eigenvalue weighted by Gasteiger charge is -2.45. The molecule has 1 atom stereocenters. The molecule has 6 nitrogen and oxygen atoms in total. The van der Waals surface area contributed by atoms with E-state index in [1.54, 1.807) is 0 Å². The van der Waals surface area contributed by atoms with E-state index < -0.39 is 69.0 Å². The second-order valence-electron chi connectivity index (χ2n) is 11.1. The lowest BCUT2D eigenvalue weighted by Crippen LogP contribution is -2.51. The first-order chi connectivity index (χ1) is 18.3. The fraction of sp³-hybridized carbons (Fsp3) is 0.481. The molecule has 4 aliphatic rings. The van der Waals surface area contributed by atoms with E-state index in [1.165, 1.54) is 0 Å². The van der Waals surface area contributed by atoms with Crippen LogP contribution in [-0.2, 0) is 16.6 Å². The quantitative estimate of drug-likeness (QED) is 0.461. The number of benzene rings is 2. The smallest absolute Gasteiger partial charge is 0.371 e. The summed E-state index contributed by atoms with van der Waals surface area (Å²) in [5, 5.41) is 11.6. The van der Waals surface area contributed by atoms with E-state index in [4.69, 9.17) is 5.73 Å². The highest BCUT2D eigenvalue weighted by Gasteiger charge is 2.59. The van der Waals surface area contributed by atoms with Crippen LogP contribution in [0.3, 0.4) is 0 Å². The maximum atomic E-state index is 14.9. The van der Waals surface area contributed by atoms with E-state index in [0.29, 0.717) is 31.0 Å². The molecule has 2 aromatic carbocycles. The van der Waals surface area contributed by atoms with E-state index in [-0.39, 0.29) is 43.0 Å². The van der Waals surface area contributed by atoms with Crippen LogP contribution in [-0.4, -0.2) is 46.5 Å². The second-order valence-corrected chi connectivity index (χ2v) is 11.1. The molecule has 0 bridgehead atoms. The number of amides is 2. The summed E-state index contributed by atoms with van der Waals surface area (Å²) in [4.78, 5) is 29.0. The van der Waals surface area contributed by atoms with Crippen molar-refractivity contribution in [2.45, 2.75) is 68.4 Å². The Bertz CT molecular complexity index is 1360. The summed E-state index contributed by atoms with van der Waals surface area (Å²) in [6.07, 6.45) is 0.544. The van der Waals surface area contributed by atoms with E-state index in [0.717, 1.165) is 36.6 Å². The van der Waals surface area contributed by atoms with Gasteiger partial charge in [0.15, 0.2) is 0 Å². The first-order valence-electron chi connectivity index (χ1n) is 12.8. The van der Waals surface area contributed by atoms with Gasteiger partial charge in [-0.25, -0.2) is 13.2 Å². The predicted molar refractivity (Wildman–Crippen MR) is 133 cm³/mol. The number of fused-ring (bicyclic) bond motifs is 1. The van der Waals surface area contributed by atoms with Gasteiger partial charge in [-0.3, -0.25) is 14.5 Å². The molecule has 0 aromatic heterocycles. The molecule has 1 unspecified atom stereocenters. The highest BCUT2D eigenvalue weighted by Crippen LogP contribution is 2.53. The Morgan fingerprint density at radius 3 is 2.00 bits per heavy atom. The monoisotopic (exact) mass is 589 g/mol. The van der Waals surface area contributed by atoms with Crippen molar-refractivity contribution in [1.82, 2.24) is 4.90 Å². The third-order valence-corrected chi connectivity index (χ3v) is 8.29. The standard InChI is InChI=1S/C27H25F6N3O3.ClH/c28-14-9-19(29)23(20(30)10-14)26(39)22-18(27(31,32)33)7-13(24(34)37)8-21(22)35(25(26)38)11-12-5-17(6-12)36(15-1-2-15)16-3-4-16;/h7-10,12,15-17,39H,1-6,11H2,(H2,34,37);1H. The van der Waals surface area contributed by atoms with Crippen LogP contribution in [0.25, 0.3) is 0 Å². The summed E-state index contributed by atoms with van der Waals surface area (Å²) in [6, 6.07) is 2.93. The Kier molecular flexibility index (Phi) is 6.91. The van der Waals surface area contributed by atoms with Crippen molar-refractivity contribution in [3.05, 3.63) is 64.0 Å². The second kappa shape index (κ2) is 9.63. The Labute approximate surface area is 231 Å². The number of nitrogens with zero attached hydrogens (tertiary/aromatic N) is 2. The Morgan fingerprint density at radius 1 is 0.975 bits per heavy atom. The number of hydrogen-bond acceptors (Lipinski definition) is 4.